The Balaban J connectivity index is 2.23. The third-order valence-electron chi connectivity index (χ3n) is 3.41. The van der Waals surface area contributed by atoms with Crippen LogP contribution in [0.4, 0.5) is 0 Å². The first-order valence-electron chi connectivity index (χ1n) is 6.56. The molecule has 0 radical (unpaired) electrons. The number of nitrogens with one attached hydrogen (secondary N) is 2. The topological polar surface area (TPSA) is 24.1 Å². The van der Waals surface area contributed by atoms with Gasteiger partial charge in [-0.15, -0.1) is 0 Å². The second-order valence-corrected chi connectivity index (χ2v) is 5.59. The fourth-order valence-corrected chi connectivity index (χ4v) is 2.67. The van der Waals surface area contributed by atoms with Crippen molar-refractivity contribution in [2.75, 3.05) is 13.1 Å². The third-order valence-corrected chi connectivity index (χ3v) is 3.41. The number of rotatable bonds is 5. The van der Waals surface area contributed by atoms with Crippen molar-refractivity contribution in [3.8, 4) is 0 Å². The van der Waals surface area contributed by atoms with E-state index in [0.717, 1.165) is 11.8 Å². The van der Waals surface area contributed by atoms with Gasteiger partial charge in [0, 0.05) is 12.1 Å². The molecule has 0 aromatic carbocycles. The average Bonchev–Trinajstić information content (AvgIpc) is 2.17. The Bertz CT molecular complexity index is 162. The van der Waals surface area contributed by atoms with E-state index in [4.69, 9.17) is 0 Å². The lowest BCUT2D eigenvalue weighted by Crippen LogP contribution is -2.45. The molecule has 2 nitrogen and oxygen atoms in total. The quantitative estimate of drug-likeness (QED) is 0.731. The molecule has 90 valence electrons. The Morgan fingerprint density at radius 2 is 2.00 bits per heavy atom. The fraction of sp³-hybridized carbons (Fsp3) is 1.00. The normalized spacial score (nSPS) is 26.6. The largest absolute Gasteiger partial charge is 0.316 e. The zero-order valence-electron chi connectivity index (χ0n) is 10.8. The molecule has 2 N–H and O–H groups in total. The van der Waals surface area contributed by atoms with Crippen molar-refractivity contribution in [1.29, 1.82) is 0 Å². The average molecular weight is 212 g/mol. The highest BCUT2D eigenvalue weighted by molar-refractivity contribution is 4.80. The zero-order chi connectivity index (χ0) is 11.3. The number of piperidine rings is 1. The molecule has 15 heavy (non-hydrogen) atoms. The van der Waals surface area contributed by atoms with E-state index in [1.54, 1.807) is 0 Å². The number of hydrogen-bond acceptors (Lipinski definition) is 2. The van der Waals surface area contributed by atoms with Crippen LogP contribution >= 0.6 is 0 Å². The molecule has 1 saturated heterocycles. The molecule has 0 aromatic rings. The van der Waals surface area contributed by atoms with E-state index in [-0.39, 0.29) is 0 Å². The van der Waals surface area contributed by atoms with Crippen molar-refractivity contribution in [2.45, 2.75) is 59.0 Å². The molecule has 0 aromatic heterocycles. The van der Waals surface area contributed by atoms with Gasteiger partial charge in [0.05, 0.1) is 0 Å². The van der Waals surface area contributed by atoms with Gasteiger partial charge in [0.15, 0.2) is 0 Å². The molecule has 1 aliphatic rings. The fourth-order valence-electron chi connectivity index (χ4n) is 2.67. The molecule has 1 fully saturated rings. The Kier molecular flexibility index (Phi) is 5.62. The smallest absolute Gasteiger partial charge is 0.00816 e. The minimum Gasteiger partial charge on any atom is -0.316 e. The van der Waals surface area contributed by atoms with Crippen LogP contribution in [0.2, 0.25) is 0 Å². The van der Waals surface area contributed by atoms with Gasteiger partial charge in [-0.1, -0.05) is 13.8 Å². The van der Waals surface area contributed by atoms with E-state index in [1.165, 1.54) is 32.4 Å². The Hall–Kier alpha value is -0.0800. The molecule has 0 amide bonds. The van der Waals surface area contributed by atoms with Crippen LogP contribution < -0.4 is 10.6 Å². The summed E-state index contributed by atoms with van der Waals surface area (Å²) in [4.78, 5) is 0. The Morgan fingerprint density at radius 1 is 1.27 bits per heavy atom. The van der Waals surface area contributed by atoms with Crippen molar-refractivity contribution >= 4 is 0 Å². The monoisotopic (exact) mass is 212 g/mol. The van der Waals surface area contributed by atoms with Gasteiger partial charge < -0.3 is 10.6 Å². The highest BCUT2D eigenvalue weighted by atomic mass is 15.0. The second-order valence-electron chi connectivity index (χ2n) is 5.59. The molecule has 3 unspecified atom stereocenters. The molecule has 0 saturated carbocycles. The van der Waals surface area contributed by atoms with Gasteiger partial charge in [-0.2, -0.15) is 0 Å². The predicted octanol–water partition coefficient (Wildman–Crippen LogP) is 2.40. The van der Waals surface area contributed by atoms with Gasteiger partial charge in [0.2, 0.25) is 0 Å². The molecule has 2 heteroatoms. The maximum Gasteiger partial charge on any atom is 0.00816 e. The molecule has 3 atom stereocenters. The summed E-state index contributed by atoms with van der Waals surface area (Å²) in [5, 5.41) is 7.23. The molecule has 1 heterocycles. The standard InChI is InChI=1S/C13H28N2/c1-10(2)8-11(3)15-12(4)13-6-5-7-14-9-13/h10-15H,5-9H2,1-4H3. The molecule has 0 spiro atoms. The zero-order valence-corrected chi connectivity index (χ0v) is 10.8. The highest BCUT2D eigenvalue weighted by Crippen LogP contribution is 2.15. The van der Waals surface area contributed by atoms with Crippen LogP contribution in [0.25, 0.3) is 0 Å². The van der Waals surface area contributed by atoms with E-state index in [1.807, 2.05) is 0 Å². The minimum atomic E-state index is 0.655. The van der Waals surface area contributed by atoms with E-state index >= 15 is 0 Å². The summed E-state index contributed by atoms with van der Waals surface area (Å²) in [5.41, 5.74) is 0. The van der Waals surface area contributed by atoms with Crippen LogP contribution in [0, 0.1) is 11.8 Å². The summed E-state index contributed by atoms with van der Waals surface area (Å²) in [6.07, 6.45) is 4.01. The van der Waals surface area contributed by atoms with Crippen molar-refractivity contribution in [2.24, 2.45) is 11.8 Å². The first kappa shape index (κ1) is 13.0. The van der Waals surface area contributed by atoms with Crippen LogP contribution in [-0.4, -0.2) is 25.2 Å². The Morgan fingerprint density at radius 3 is 2.53 bits per heavy atom. The summed E-state index contributed by atoms with van der Waals surface area (Å²) in [6.45, 7) is 11.7. The lowest BCUT2D eigenvalue weighted by molar-refractivity contribution is 0.271. The second kappa shape index (κ2) is 6.49. The molecule has 0 aliphatic carbocycles. The van der Waals surface area contributed by atoms with Gasteiger partial charge in [-0.25, -0.2) is 0 Å². The lowest BCUT2D eigenvalue weighted by atomic mass is 9.92. The van der Waals surface area contributed by atoms with E-state index in [9.17, 15) is 0 Å². The lowest BCUT2D eigenvalue weighted by Gasteiger charge is -2.31. The summed E-state index contributed by atoms with van der Waals surface area (Å²) in [5.74, 6) is 1.62. The van der Waals surface area contributed by atoms with Gasteiger partial charge in [0.25, 0.3) is 0 Å². The molecular weight excluding hydrogens is 184 g/mol. The van der Waals surface area contributed by atoms with Crippen LogP contribution in [0.15, 0.2) is 0 Å². The predicted molar refractivity (Wildman–Crippen MR) is 67.1 cm³/mol. The van der Waals surface area contributed by atoms with E-state index < -0.39 is 0 Å². The van der Waals surface area contributed by atoms with Crippen LogP contribution in [-0.2, 0) is 0 Å². The van der Waals surface area contributed by atoms with Gasteiger partial charge in [0.1, 0.15) is 0 Å². The van der Waals surface area contributed by atoms with E-state index in [2.05, 4.69) is 38.3 Å². The molecule has 0 bridgehead atoms. The summed E-state index contributed by atoms with van der Waals surface area (Å²) in [7, 11) is 0. The van der Waals surface area contributed by atoms with Crippen LogP contribution in [0.1, 0.15) is 47.0 Å². The maximum atomic E-state index is 3.74. The first-order chi connectivity index (χ1) is 7.09. The highest BCUT2D eigenvalue weighted by Gasteiger charge is 2.20. The summed E-state index contributed by atoms with van der Waals surface area (Å²) < 4.78 is 0. The van der Waals surface area contributed by atoms with E-state index in [0.29, 0.717) is 12.1 Å². The van der Waals surface area contributed by atoms with Crippen LogP contribution in [0.5, 0.6) is 0 Å². The third kappa shape index (κ3) is 4.98. The van der Waals surface area contributed by atoms with Gasteiger partial charge in [-0.05, 0) is 58.0 Å². The summed E-state index contributed by atoms with van der Waals surface area (Å²) in [6, 6.07) is 1.31. The van der Waals surface area contributed by atoms with Gasteiger partial charge in [-0.3, -0.25) is 0 Å². The van der Waals surface area contributed by atoms with Gasteiger partial charge >= 0.3 is 0 Å². The van der Waals surface area contributed by atoms with Crippen molar-refractivity contribution in [1.82, 2.24) is 10.6 Å². The first-order valence-corrected chi connectivity index (χ1v) is 6.56. The molecule has 1 rings (SSSR count). The van der Waals surface area contributed by atoms with Crippen molar-refractivity contribution < 1.29 is 0 Å². The molecule has 1 aliphatic heterocycles. The van der Waals surface area contributed by atoms with Crippen LogP contribution in [0.3, 0.4) is 0 Å². The summed E-state index contributed by atoms with van der Waals surface area (Å²) >= 11 is 0. The number of hydrogen-bond donors (Lipinski definition) is 2. The maximum absolute atomic E-state index is 3.74. The SMILES string of the molecule is CC(C)CC(C)NC(C)C1CCCNC1. The molecular formula is C13H28N2. The van der Waals surface area contributed by atoms with Crippen molar-refractivity contribution in [3.05, 3.63) is 0 Å². The van der Waals surface area contributed by atoms with Crippen molar-refractivity contribution in [3.63, 3.8) is 0 Å². The minimum absolute atomic E-state index is 0.655. The Labute approximate surface area is 95.2 Å².